The van der Waals surface area contributed by atoms with Crippen LogP contribution in [0.3, 0.4) is 0 Å². The van der Waals surface area contributed by atoms with Crippen molar-refractivity contribution in [2.75, 3.05) is 23.3 Å². The number of anilines is 3. The Morgan fingerprint density at radius 1 is 1.18 bits per heavy atom. The maximum absolute atomic E-state index is 14.2. The van der Waals surface area contributed by atoms with Gasteiger partial charge in [0.15, 0.2) is 11.5 Å². The molecule has 1 aliphatic rings. The fourth-order valence-electron chi connectivity index (χ4n) is 5.08. The molecule has 38 heavy (non-hydrogen) atoms. The molecular weight excluding hydrogens is 485 g/mol. The van der Waals surface area contributed by atoms with Crippen molar-refractivity contribution < 1.29 is 14.3 Å². The lowest BCUT2D eigenvalue weighted by Crippen LogP contribution is -2.44. The van der Waals surface area contributed by atoms with Crippen molar-refractivity contribution in [3.63, 3.8) is 0 Å². The van der Waals surface area contributed by atoms with Crippen LogP contribution in [0.4, 0.5) is 21.6 Å². The van der Waals surface area contributed by atoms with Gasteiger partial charge in [0.25, 0.3) is 0 Å². The van der Waals surface area contributed by atoms with Gasteiger partial charge in [-0.05, 0) is 63.4 Å². The molecule has 4 aromatic rings. The number of halogens is 1. The Bertz CT molecular complexity index is 1450. The van der Waals surface area contributed by atoms with Gasteiger partial charge in [-0.15, -0.1) is 0 Å². The van der Waals surface area contributed by atoms with Crippen LogP contribution in [0.2, 0.25) is 0 Å². The van der Waals surface area contributed by atoms with E-state index in [0.29, 0.717) is 23.6 Å². The molecule has 0 radical (unpaired) electrons. The summed E-state index contributed by atoms with van der Waals surface area (Å²) in [5.74, 6) is 0.453. The van der Waals surface area contributed by atoms with E-state index in [1.165, 1.54) is 6.07 Å². The minimum absolute atomic E-state index is 0.212. The van der Waals surface area contributed by atoms with Crippen LogP contribution >= 0.6 is 0 Å². The molecule has 3 N–H and O–H groups in total. The number of pyridine rings is 3. The van der Waals surface area contributed by atoms with Gasteiger partial charge in [0.1, 0.15) is 5.82 Å². The van der Waals surface area contributed by atoms with Gasteiger partial charge in [0.05, 0.1) is 47.0 Å². The molecule has 5 rings (SSSR count). The van der Waals surface area contributed by atoms with Crippen LogP contribution in [0, 0.1) is 18.7 Å². The maximum atomic E-state index is 14.2. The molecule has 1 atom stereocenters. The first-order valence-corrected chi connectivity index (χ1v) is 12.7. The van der Waals surface area contributed by atoms with Crippen LogP contribution < -0.4 is 15.5 Å². The number of amides is 1. The lowest BCUT2D eigenvalue weighted by molar-refractivity contribution is -0.109. The van der Waals surface area contributed by atoms with Crippen LogP contribution in [0.1, 0.15) is 37.8 Å². The predicted octanol–water partition coefficient (Wildman–Crippen LogP) is 4.22. The zero-order valence-electron chi connectivity index (χ0n) is 21.8. The largest absolute Gasteiger partial charge is 0.390 e. The lowest BCUT2D eigenvalue weighted by atomic mass is 9.84. The third-order valence-electron chi connectivity index (χ3n) is 7.35. The number of hydrogen-bond donors (Lipinski definition) is 3. The summed E-state index contributed by atoms with van der Waals surface area (Å²) >= 11 is 0. The van der Waals surface area contributed by atoms with E-state index in [9.17, 15) is 14.3 Å². The van der Waals surface area contributed by atoms with Gasteiger partial charge in [-0.3, -0.25) is 14.2 Å². The van der Waals surface area contributed by atoms with Gasteiger partial charge in [0.2, 0.25) is 6.41 Å². The van der Waals surface area contributed by atoms with Crippen molar-refractivity contribution in [2.45, 2.75) is 45.8 Å². The second-order valence-corrected chi connectivity index (χ2v) is 10.3. The number of imidazole rings is 1. The molecular formula is C28H32FN7O2. The first-order valence-electron chi connectivity index (χ1n) is 12.7. The molecule has 0 spiro atoms. The average molecular weight is 518 g/mol. The number of fused-ring (bicyclic) bond motifs is 1. The van der Waals surface area contributed by atoms with Crippen molar-refractivity contribution in [1.82, 2.24) is 24.7 Å². The first-order chi connectivity index (χ1) is 18.3. The number of nitrogens with one attached hydrogen (secondary N) is 2. The molecule has 0 aliphatic carbocycles. The molecule has 9 nitrogen and oxygen atoms in total. The van der Waals surface area contributed by atoms with E-state index in [4.69, 9.17) is 0 Å². The molecule has 0 bridgehead atoms. The van der Waals surface area contributed by atoms with E-state index < -0.39 is 11.4 Å². The Morgan fingerprint density at radius 3 is 2.76 bits per heavy atom. The number of hydrogen-bond acceptors (Lipinski definition) is 7. The topological polar surface area (TPSA) is 108 Å². The fraction of sp³-hybridized carbons (Fsp3) is 0.357. The molecule has 0 saturated carbocycles. The van der Waals surface area contributed by atoms with Crippen molar-refractivity contribution in [1.29, 1.82) is 0 Å². The summed E-state index contributed by atoms with van der Waals surface area (Å²) in [5, 5.41) is 16.5. The number of carbonyl (C=O) groups excluding carboxylic acids is 1. The number of aromatic nitrogens is 4. The quantitative estimate of drug-likeness (QED) is 0.301. The van der Waals surface area contributed by atoms with Gasteiger partial charge in [-0.25, -0.2) is 14.4 Å². The number of nitrogens with zero attached hydrogens (tertiary/aromatic N) is 5. The van der Waals surface area contributed by atoms with Gasteiger partial charge < -0.3 is 20.6 Å². The highest BCUT2D eigenvalue weighted by molar-refractivity contribution is 5.71. The summed E-state index contributed by atoms with van der Waals surface area (Å²) in [6, 6.07) is 6.93. The van der Waals surface area contributed by atoms with Crippen LogP contribution in [-0.2, 0) is 11.3 Å². The van der Waals surface area contributed by atoms with Gasteiger partial charge in [-0.1, -0.05) is 0 Å². The normalized spacial score (nSPS) is 16.0. The third-order valence-corrected chi connectivity index (χ3v) is 7.35. The van der Waals surface area contributed by atoms with Crippen molar-refractivity contribution >= 4 is 29.2 Å². The number of piperidine rings is 1. The molecule has 1 saturated heterocycles. The highest BCUT2D eigenvalue weighted by Crippen LogP contribution is 2.32. The summed E-state index contributed by atoms with van der Waals surface area (Å²) in [7, 11) is 0. The van der Waals surface area contributed by atoms with E-state index in [1.807, 2.05) is 39.1 Å². The van der Waals surface area contributed by atoms with Crippen LogP contribution in [-0.4, -0.2) is 49.6 Å². The Kier molecular flexibility index (Phi) is 6.98. The second-order valence-electron chi connectivity index (χ2n) is 10.3. The highest BCUT2D eigenvalue weighted by Gasteiger charge is 2.31. The van der Waals surface area contributed by atoms with Gasteiger partial charge in [0, 0.05) is 37.3 Å². The monoisotopic (exact) mass is 517 g/mol. The first kappa shape index (κ1) is 25.6. The molecule has 4 aromatic heterocycles. The minimum Gasteiger partial charge on any atom is -0.390 e. The van der Waals surface area contributed by atoms with Gasteiger partial charge >= 0.3 is 0 Å². The molecule has 0 unspecified atom stereocenters. The van der Waals surface area contributed by atoms with Gasteiger partial charge in [-0.2, -0.15) is 0 Å². The third kappa shape index (κ3) is 5.04. The van der Waals surface area contributed by atoms with Crippen molar-refractivity contribution in [3.8, 4) is 11.4 Å². The standard InChI is InChI=1S/C28H32FN7O2/c1-18-21(13-30-17-37)26(24-15-33-27-22(29)7-5-11-36(24)27)32-14-23(18)34-25-9-8-20(12-31-25)35-10-4-6-19(16-35)28(2,3)38/h5,7-9,11-12,14-15,17,19,38H,4,6,10,13,16H2,1-3H3,(H,30,37)(H,31,34)/t19-/m0/s1. The predicted molar refractivity (Wildman–Crippen MR) is 145 cm³/mol. The zero-order valence-corrected chi connectivity index (χ0v) is 21.8. The molecule has 5 heterocycles. The smallest absolute Gasteiger partial charge is 0.207 e. The number of aliphatic hydroxyl groups is 1. The van der Waals surface area contributed by atoms with E-state index in [1.54, 1.807) is 29.1 Å². The fourth-order valence-corrected chi connectivity index (χ4v) is 5.08. The second kappa shape index (κ2) is 10.4. The molecule has 1 fully saturated rings. The average Bonchev–Trinajstić information content (AvgIpc) is 3.34. The zero-order chi connectivity index (χ0) is 26.9. The minimum atomic E-state index is -0.710. The number of carbonyl (C=O) groups is 1. The molecule has 10 heteroatoms. The van der Waals surface area contributed by atoms with Crippen LogP contribution in [0.25, 0.3) is 17.0 Å². The lowest BCUT2D eigenvalue weighted by Gasteiger charge is -2.39. The molecule has 198 valence electrons. The SMILES string of the molecule is Cc1c(Nc2ccc(N3CCC[C@H](C(C)(C)O)C3)cn2)cnc(-c2cnc3c(F)cccn23)c1CNC=O. The van der Waals surface area contributed by atoms with Crippen LogP contribution in [0.15, 0.2) is 49.1 Å². The summed E-state index contributed by atoms with van der Waals surface area (Å²) in [6.07, 6.45) is 9.56. The molecule has 1 amide bonds. The molecule has 1 aliphatic heterocycles. The highest BCUT2D eigenvalue weighted by atomic mass is 19.1. The maximum Gasteiger partial charge on any atom is 0.207 e. The molecule has 0 aromatic carbocycles. The van der Waals surface area contributed by atoms with E-state index in [-0.39, 0.29) is 18.1 Å². The Labute approximate surface area is 220 Å². The Balaban J connectivity index is 1.41. The summed E-state index contributed by atoms with van der Waals surface area (Å²) in [6.45, 7) is 7.67. The van der Waals surface area contributed by atoms with Crippen molar-refractivity contribution in [3.05, 3.63) is 66.0 Å². The number of rotatable bonds is 8. The van der Waals surface area contributed by atoms with E-state index >= 15 is 0 Å². The Hall–Kier alpha value is -4.05. The van der Waals surface area contributed by atoms with E-state index in [0.717, 1.165) is 48.4 Å². The summed E-state index contributed by atoms with van der Waals surface area (Å²) < 4.78 is 15.9. The van der Waals surface area contributed by atoms with E-state index in [2.05, 4.69) is 30.5 Å². The van der Waals surface area contributed by atoms with Crippen LogP contribution in [0.5, 0.6) is 0 Å². The summed E-state index contributed by atoms with van der Waals surface area (Å²) in [5.41, 5.74) is 4.17. The Morgan fingerprint density at radius 2 is 2.03 bits per heavy atom. The van der Waals surface area contributed by atoms with Crippen molar-refractivity contribution in [2.24, 2.45) is 5.92 Å². The summed E-state index contributed by atoms with van der Waals surface area (Å²) in [4.78, 5) is 26.9.